The number of nitrogens with zero attached hydrogens (tertiary/aromatic N) is 3. The Morgan fingerprint density at radius 3 is 2.52 bits per heavy atom. The summed E-state index contributed by atoms with van der Waals surface area (Å²) in [5.41, 5.74) is 0.327. The first-order valence-corrected chi connectivity index (χ1v) is 10.2. The predicted molar refractivity (Wildman–Crippen MR) is 120 cm³/mol. The minimum atomic E-state index is -0.563. The zero-order valence-electron chi connectivity index (χ0n) is 17.4. The third-order valence-electron chi connectivity index (χ3n) is 5.28. The molecule has 0 atom stereocenters. The number of aromatic nitrogens is 4. The first-order valence-electron chi connectivity index (χ1n) is 10.2. The van der Waals surface area contributed by atoms with Gasteiger partial charge in [0, 0.05) is 5.39 Å². The Bertz CT molecular complexity index is 1580. The first-order chi connectivity index (χ1) is 16.1. The van der Waals surface area contributed by atoms with E-state index in [1.165, 1.54) is 10.8 Å². The second kappa shape index (κ2) is 8.54. The van der Waals surface area contributed by atoms with Crippen LogP contribution in [0.1, 0.15) is 17.3 Å². The Kier molecular flexibility index (Phi) is 5.27. The second-order valence-corrected chi connectivity index (χ2v) is 7.40. The van der Waals surface area contributed by atoms with Gasteiger partial charge in [0.1, 0.15) is 12.4 Å². The molecule has 0 bridgehead atoms. The molecular formula is C24H18N4O5. The molecule has 2 aromatic carbocycles. The van der Waals surface area contributed by atoms with Gasteiger partial charge >= 0.3 is 5.97 Å². The third-order valence-corrected chi connectivity index (χ3v) is 5.28. The van der Waals surface area contributed by atoms with E-state index in [1.54, 1.807) is 60.7 Å². The molecule has 0 saturated carbocycles. The minimum absolute atomic E-state index is 0.146. The highest BCUT2D eigenvalue weighted by molar-refractivity contribution is 5.86. The summed E-state index contributed by atoms with van der Waals surface area (Å²) in [4.78, 5) is 42.2. The fraction of sp³-hybridized carbons (Fsp3) is 0.125. The first kappa shape index (κ1) is 20.4. The minimum Gasteiger partial charge on any atom is -0.467 e. The molecule has 1 N–H and O–H groups in total. The van der Waals surface area contributed by atoms with Crippen LogP contribution in [0.25, 0.3) is 21.7 Å². The molecule has 0 spiro atoms. The van der Waals surface area contributed by atoms with Crippen LogP contribution in [0.15, 0.2) is 80.9 Å². The summed E-state index contributed by atoms with van der Waals surface area (Å²) in [6, 6.07) is 17.4. The lowest BCUT2D eigenvalue weighted by Gasteiger charge is -2.13. The fourth-order valence-electron chi connectivity index (χ4n) is 3.68. The van der Waals surface area contributed by atoms with Crippen molar-refractivity contribution in [1.29, 1.82) is 0 Å². The molecule has 3 aromatic heterocycles. The Morgan fingerprint density at radius 1 is 0.970 bits per heavy atom. The summed E-state index contributed by atoms with van der Waals surface area (Å²) in [5, 5.41) is 7.89. The van der Waals surface area contributed by atoms with Crippen LogP contribution in [0.4, 0.5) is 0 Å². The van der Waals surface area contributed by atoms with E-state index in [-0.39, 0.29) is 30.7 Å². The number of para-hydroxylation sites is 1. The molecule has 5 aromatic rings. The molecule has 3 heterocycles. The van der Waals surface area contributed by atoms with Crippen LogP contribution >= 0.6 is 0 Å². The van der Waals surface area contributed by atoms with Crippen molar-refractivity contribution in [3.63, 3.8) is 0 Å². The highest BCUT2D eigenvalue weighted by Crippen LogP contribution is 2.15. The monoisotopic (exact) mass is 442 g/mol. The number of hydrogen-bond acceptors (Lipinski definition) is 7. The van der Waals surface area contributed by atoms with Crippen molar-refractivity contribution < 1.29 is 13.9 Å². The fourth-order valence-corrected chi connectivity index (χ4v) is 3.68. The molecular weight excluding hydrogens is 424 g/mol. The molecule has 164 valence electrons. The number of fused-ring (bicyclic) bond motifs is 2. The van der Waals surface area contributed by atoms with Gasteiger partial charge in [-0.05, 0) is 30.3 Å². The Labute approximate surface area is 186 Å². The molecule has 0 saturated heterocycles. The zero-order valence-corrected chi connectivity index (χ0v) is 17.4. The maximum absolute atomic E-state index is 13.1. The maximum Gasteiger partial charge on any atom is 0.312 e. The van der Waals surface area contributed by atoms with E-state index >= 15 is 0 Å². The lowest BCUT2D eigenvalue weighted by Crippen LogP contribution is -2.27. The van der Waals surface area contributed by atoms with Gasteiger partial charge in [0.15, 0.2) is 5.82 Å². The highest BCUT2D eigenvalue weighted by atomic mass is 16.5. The van der Waals surface area contributed by atoms with Crippen molar-refractivity contribution in [2.75, 3.05) is 0 Å². The number of carbonyl (C=O) groups is 1. The number of hydrogen-bond donors (Lipinski definition) is 1. The quantitative estimate of drug-likeness (QED) is 0.401. The molecule has 0 radical (unpaired) electrons. The number of H-pyrrole nitrogens is 1. The molecule has 9 nitrogen and oxygen atoms in total. The van der Waals surface area contributed by atoms with E-state index in [0.29, 0.717) is 39.0 Å². The molecule has 0 aliphatic rings. The molecule has 33 heavy (non-hydrogen) atoms. The van der Waals surface area contributed by atoms with Crippen molar-refractivity contribution in [3.05, 3.63) is 105 Å². The SMILES string of the molecule is O=C(Cc1n[nH]c(=O)c2ccccc12)OCc1nc2ccccc2c(=O)n1Cc1ccco1. The number of benzene rings is 2. The summed E-state index contributed by atoms with van der Waals surface area (Å²) in [7, 11) is 0. The smallest absolute Gasteiger partial charge is 0.312 e. The van der Waals surface area contributed by atoms with E-state index in [9.17, 15) is 14.4 Å². The number of ether oxygens (including phenoxy) is 1. The number of nitrogens with one attached hydrogen (secondary N) is 1. The van der Waals surface area contributed by atoms with Crippen LogP contribution in [0.5, 0.6) is 0 Å². The molecule has 5 rings (SSSR count). The van der Waals surface area contributed by atoms with E-state index in [2.05, 4.69) is 15.2 Å². The Morgan fingerprint density at radius 2 is 1.73 bits per heavy atom. The average Bonchev–Trinajstić information content (AvgIpc) is 3.35. The summed E-state index contributed by atoms with van der Waals surface area (Å²) in [6.07, 6.45) is 1.38. The van der Waals surface area contributed by atoms with Gasteiger partial charge in [-0.3, -0.25) is 19.0 Å². The lowest BCUT2D eigenvalue weighted by atomic mass is 10.1. The highest BCUT2D eigenvalue weighted by Gasteiger charge is 2.16. The van der Waals surface area contributed by atoms with E-state index in [1.807, 2.05) is 0 Å². The van der Waals surface area contributed by atoms with Gasteiger partial charge in [-0.1, -0.05) is 30.3 Å². The van der Waals surface area contributed by atoms with Gasteiger partial charge in [-0.2, -0.15) is 5.10 Å². The van der Waals surface area contributed by atoms with Gasteiger partial charge in [-0.25, -0.2) is 10.1 Å². The van der Waals surface area contributed by atoms with E-state index in [4.69, 9.17) is 9.15 Å². The van der Waals surface area contributed by atoms with Gasteiger partial charge in [0.25, 0.3) is 11.1 Å². The average molecular weight is 442 g/mol. The van der Waals surface area contributed by atoms with Crippen LogP contribution in [-0.4, -0.2) is 25.7 Å². The van der Waals surface area contributed by atoms with Crippen LogP contribution in [0.2, 0.25) is 0 Å². The van der Waals surface area contributed by atoms with Crippen LogP contribution in [0.3, 0.4) is 0 Å². The normalized spacial score (nSPS) is 11.2. The van der Waals surface area contributed by atoms with E-state index < -0.39 is 5.97 Å². The van der Waals surface area contributed by atoms with Crippen molar-refractivity contribution in [1.82, 2.24) is 19.7 Å². The molecule has 0 unspecified atom stereocenters. The third kappa shape index (κ3) is 4.03. The van der Waals surface area contributed by atoms with E-state index in [0.717, 1.165) is 0 Å². The topological polar surface area (TPSA) is 120 Å². The summed E-state index contributed by atoms with van der Waals surface area (Å²) >= 11 is 0. The number of aromatic amines is 1. The standard InChI is InChI=1S/C24H18N4O5/c29-22(12-20-16-7-1-2-8-17(16)23(30)27-26-20)33-14-21-25-19-10-4-3-9-18(19)24(31)28(21)13-15-6-5-11-32-15/h1-11H,12-14H2,(H,27,30). The summed E-state index contributed by atoms with van der Waals surface area (Å²) in [6.45, 7) is -0.0520. The van der Waals surface area contributed by atoms with Crippen LogP contribution < -0.4 is 11.1 Å². The predicted octanol–water partition coefficient (Wildman–Crippen LogP) is 2.56. The lowest BCUT2D eigenvalue weighted by molar-refractivity contribution is -0.144. The zero-order chi connectivity index (χ0) is 22.8. The molecule has 9 heteroatoms. The van der Waals surface area contributed by atoms with Gasteiger partial charge in [-0.15, -0.1) is 0 Å². The van der Waals surface area contributed by atoms with Gasteiger partial charge < -0.3 is 9.15 Å². The number of rotatable bonds is 6. The van der Waals surface area contributed by atoms with Crippen molar-refractivity contribution in [2.45, 2.75) is 19.6 Å². The Balaban J connectivity index is 1.42. The number of carbonyl (C=O) groups excluding carboxylic acids is 1. The van der Waals surface area contributed by atoms with Crippen LogP contribution in [0, 0.1) is 0 Å². The summed E-state index contributed by atoms with van der Waals surface area (Å²) < 4.78 is 12.3. The summed E-state index contributed by atoms with van der Waals surface area (Å²) in [5.74, 6) is 0.306. The van der Waals surface area contributed by atoms with Crippen molar-refractivity contribution >= 4 is 27.6 Å². The maximum atomic E-state index is 13.1. The molecule has 0 amide bonds. The molecule has 0 aliphatic carbocycles. The van der Waals surface area contributed by atoms with Crippen LogP contribution in [-0.2, 0) is 29.1 Å². The largest absolute Gasteiger partial charge is 0.467 e. The molecule has 0 aliphatic heterocycles. The van der Waals surface area contributed by atoms with Gasteiger partial charge in [0.2, 0.25) is 0 Å². The number of furan rings is 1. The number of esters is 1. The van der Waals surface area contributed by atoms with Gasteiger partial charge in [0.05, 0.1) is 41.2 Å². The Hall–Kier alpha value is -4.53. The second-order valence-electron chi connectivity index (χ2n) is 7.40. The molecule has 0 fully saturated rings. The van der Waals surface area contributed by atoms with Crippen molar-refractivity contribution in [3.8, 4) is 0 Å². The van der Waals surface area contributed by atoms with Crippen molar-refractivity contribution in [2.24, 2.45) is 0 Å².